The number of Topliss-reactive ketones (excluding diaryl/α,β-unsaturated/α-hetero) is 1. The van der Waals surface area contributed by atoms with Crippen molar-refractivity contribution < 1.29 is 17.6 Å². The largest absolute Gasteiger partial charge is 0.291 e. The minimum Gasteiger partial charge on any atom is -0.291 e. The highest BCUT2D eigenvalue weighted by molar-refractivity contribution is 7.90. The summed E-state index contributed by atoms with van der Waals surface area (Å²) < 4.78 is 41.5. The summed E-state index contributed by atoms with van der Waals surface area (Å²) in [6, 6.07) is 0. The molecule has 1 aliphatic carbocycles. The van der Waals surface area contributed by atoms with Gasteiger partial charge in [0.05, 0.1) is 17.5 Å². The lowest BCUT2D eigenvalue weighted by atomic mass is 10.0. The Morgan fingerprint density at radius 2 is 2.00 bits per heavy atom. The molecule has 8 heteroatoms. The molecule has 1 N–H and O–H groups in total. The molecule has 0 unspecified atom stereocenters. The second-order valence-electron chi connectivity index (χ2n) is 5.42. The normalized spacial score (nSPS) is 17.1. The average Bonchev–Trinajstić information content (AvgIpc) is 2.73. The van der Waals surface area contributed by atoms with Crippen molar-refractivity contribution in [1.29, 1.82) is 0 Å². The maximum atomic E-state index is 13.8. The van der Waals surface area contributed by atoms with Crippen LogP contribution in [0.1, 0.15) is 48.3 Å². The molecule has 0 aliphatic heterocycles. The van der Waals surface area contributed by atoms with Gasteiger partial charge in [-0.2, -0.15) is 5.10 Å². The smallest absolute Gasteiger partial charge is 0.214 e. The molecule has 21 heavy (non-hydrogen) atoms. The van der Waals surface area contributed by atoms with Crippen LogP contribution in [-0.4, -0.2) is 35.8 Å². The molecule has 0 saturated heterocycles. The molecule has 0 spiro atoms. The third-order valence-electron chi connectivity index (χ3n) is 3.95. The number of aryl methyl sites for hydroxylation is 1. The lowest BCUT2D eigenvalue weighted by Gasteiger charge is -2.21. The van der Waals surface area contributed by atoms with Crippen LogP contribution >= 0.6 is 0 Å². The number of carbonyl (C=O) groups excluding carboxylic acids is 1. The first kappa shape index (κ1) is 16.1. The van der Waals surface area contributed by atoms with Gasteiger partial charge in [-0.3, -0.25) is 9.48 Å². The molecule has 2 rings (SSSR count). The van der Waals surface area contributed by atoms with Crippen LogP contribution < -0.4 is 4.72 Å². The Morgan fingerprint density at radius 1 is 1.38 bits per heavy atom. The summed E-state index contributed by atoms with van der Waals surface area (Å²) in [4.78, 5) is 11.9. The number of carbonyl (C=O) groups is 1. The van der Waals surface area contributed by atoms with Crippen molar-refractivity contribution >= 4 is 15.8 Å². The number of ketones is 1. The van der Waals surface area contributed by atoms with E-state index in [0.29, 0.717) is 12.8 Å². The summed E-state index contributed by atoms with van der Waals surface area (Å²) in [5.74, 6) is -1.35. The van der Waals surface area contributed by atoms with Crippen molar-refractivity contribution in [3.05, 3.63) is 17.2 Å². The van der Waals surface area contributed by atoms with Gasteiger partial charge in [0.1, 0.15) is 0 Å². The number of hydrogen-bond acceptors (Lipinski definition) is 4. The van der Waals surface area contributed by atoms with E-state index >= 15 is 0 Å². The third kappa shape index (κ3) is 3.49. The fraction of sp³-hybridized carbons (Fsp3) is 0.692. The lowest BCUT2D eigenvalue weighted by molar-refractivity contribution is 0.0987. The van der Waals surface area contributed by atoms with Crippen LogP contribution in [0.15, 0.2) is 0 Å². The zero-order valence-electron chi connectivity index (χ0n) is 12.2. The van der Waals surface area contributed by atoms with Crippen molar-refractivity contribution in [3.8, 4) is 0 Å². The highest BCUT2D eigenvalue weighted by Gasteiger charge is 2.28. The maximum absolute atomic E-state index is 13.8. The first-order valence-electron chi connectivity index (χ1n) is 7.03. The van der Waals surface area contributed by atoms with E-state index in [0.717, 1.165) is 19.3 Å². The maximum Gasteiger partial charge on any atom is 0.214 e. The first-order chi connectivity index (χ1) is 9.83. The van der Waals surface area contributed by atoms with E-state index in [9.17, 15) is 17.6 Å². The molecular weight excluding hydrogens is 297 g/mol. The van der Waals surface area contributed by atoms with Crippen molar-refractivity contribution in [3.63, 3.8) is 0 Å². The number of aromatic nitrogens is 2. The number of sulfonamides is 1. The zero-order valence-corrected chi connectivity index (χ0v) is 13.0. The summed E-state index contributed by atoms with van der Waals surface area (Å²) in [6.07, 6.45) is 4.03. The van der Waals surface area contributed by atoms with E-state index in [2.05, 4.69) is 9.82 Å². The topological polar surface area (TPSA) is 81.1 Å². The molecule has 1 saturated carbocycles. The summed E-state index contributed by atoms with van der Waals surface area (Å²) in [6.45, 7) is 1.05. The van der Waals surface area contributed by atoms with Gasteiger partial charge in [0.25, 0.3) is 0 Å². The molecule has 0 atom stereocenters. The van der Waals surface area contributed by atoms with Gasteiger partial charge >= 0.3 is 0 Å². The van der Waals surface area contributed by atoms with E-state index in [1.54, 1.807) is 0 Å². The monoisotopic (exact) mass is 317 g/mol. The summed E-state index contributed by atoms with van der Waals surface area (Å²) >= 11 is 0. The SMILES string of the molecule is Cc1c(F)c(C(=O)CNS(=O)(=O)C2CCCCC2)nn1C. The van der Waals surface area contributed by atoms with Gasteiger partial charge in [-0.25, -0.2) is 17.5 Å². The second-order valence-corrected chi connectivity index (χ2v) is 7.47. The Kier molecular flexibility index (Phi) is 4.77. The van der Waals surface area contributed by atoms with Crippen molar-refractivity contribution in [2.45, 2.75) is 44.3 Å². The molecule has 1 heterocycles. The van der Waals surface area contributed by atoms with Gasteiger partial charge in [-0.05, 0) is 19.8 Å². The molecule has 1 aromatic rings. The zero-order chi connectivity index (χ0) is 15.6. The predicted molar refractivity (Wildman–Crippen MR) is 76.0 cm³/mol. The fourth-order valence-electron chi connectivity index (χ4n) is 2.50. The summed E-state index contributed by atoms with van der Waals surface area (Å²) in [5.41, 5.74) is -0.0742. The number of nitrogens with zero attached hydrogens (tertiary/aromatic N) is 2. The van der Waals surface area contributed by atoms with Crippen molar-refractivity contribution in [1.82, 2.24) is 14.5 Å². The second kappa shape index (κ2) is 6.23. The number of hydrogen-bond donors (Lipinski definition) is 1. The predicted octanol–water partition coefficient (Wildman–Crippen LogP) is 1.30. The Morgan fingerprint density at radius 3 is 2.52 bits per heavy atom. The first-order valence-corrected chi connectivity index (χ1v) is 8.58. The molecule has 0 aromatic carbocycles. The quantitative estimate of drug-likeness (QED) is 0.830. The molecule has 0 amide bonds. The van der Waals surface area contributed by atoms with Crippen LogP contribution in [0, 0.1) is 12.7 Å². The third-order valence-corrected chi connectivity index (χ3v) is 5.85. The van der Waals surface area contributed by atoms with Crippen LogP contribution in [0.25, 0.3) is 0 Å². The van der Waals surface area contributed by atoms with Gasteiger partial charge in [-0.15, -0.1) is 0 Å². The number of rotatable bonds is 5. The van der Waals surface area contributed by atoms with Crippen LogP contribution in [0.4, 0.5) is 4.39 Å². The van der Waals surface area contributed by atoms with E-state index in [1.165, 1.54) is 18.7 Å². The van der Waals surface area contributed by atoms with Crippen LogP contribution in [0.5, 0.6) is 0 Å². The molecule has 1 fully saturated rings. The number of halogens is 1. The Bertz CT molecular complexity index is 633. The van der Waals surface area contributed by atoms with Gasteiger partial charge in [0.2, 0.25) is 15.8 Å². The van der Waals surface area contributed by atoms with Gasteiger partial charge in [0, 0.05) is 7.05 Å². The van der Waals surface area contributed by atoms with Crippen molar-refractivity contribution in [2.24, 2.45) is 7.05 Å². The Balaban J connectivity index is 2.01. The summed E-state index contributed by atoms with van der Waals surface area (Å²) in [5, 5.41) is 3.33. The highest BCUT2D eigenvalue weighted by Crippen LogP contribution is 2.23. The van der Waals surface area contributed by atoms with Gasteiger partial charge in [-0.1, -0.05) is 19.3 Å². The molecule has 0 radical (unpaired) electrons. The van der Waals surface area contributed by atoms with E-state index in [1.807, 2.05) is 0 Å². The lowest BCUT2D eigenvalue weighted by Crippen LogP contribution is -2.38. The average molecular weight is 317 g/mol. The van der Waals surface area contributed by atoms with E-state index < -0.39 is 33.4 Å². The van der Waals surface area contributed by atoms with Crippen LogP contribution in [0.2, 0.25) is 0 Å². The molecule has 1 aliphatic rings. The molecule has 6 nitrogen and oxygen atoms in total. The molecule has 1 aromatic heterocycles. The van der Waals surface area contributed by atoms with Crippen LogP contribution in [-0.2, 0) is 17.1 Å². The van der Waals surface area contributed by atoms with Crippen molar-refractivity contribution in [2.75, 3.05) is 6.54 Å². The standard InChI is InChI=1S/C13H20FN3O3S/c1-9-12(14)13(16-17(9)2)11(18)8-15-21(19,20)10-6-4-3-5-7-10/h10,15H,3-8H2,1-2H3. The van der Waals surface area contributed by atoms with Gasteiger partial charge in [0.15, 0.2) is 11.5 Å². The van der Waals surface area contributed by atoms with Gasteiger partial charge < -0.3 is 0 Å². The minimum absolute atomic E-state index is 0.244. The van der Waals surface area contributed by atoms with Crippen LogP contribution in [0.3, 0.4) is 0 Å². The minimum atomic E-state index is -3.53. The molecule has 118 valence electrons. The molecular formula is C13H20FN3O3S. The Hall–Kier alpha value is -1.28. The highest BCUT2D eigenvalue weighted by atomic mass is 32.2. The van der Waals surface area contributed by atoms with E-state index in [-0.39, 0.29) is 11.4 Å². The Labute approximate surface area is 123 Å². The fourth-order valence-corrected chi connectivity index (χ4v) is 4.03. The van der Waals surface area contributed by atoms with E-state index in [4.69, 9.17) is 0 Å². The summed E-state index contributed by atoms with van der Waals surface area (Å²) in [7, 11) is -2.00. The number of nitrogens with one attached hydrogen (secondary N) is 1. The molecule has 0 bridgehead atoms.